The van der Waals surface area contributed by atoms with Crippen LogP contribution < -0.4 is 0 Å². The first kappa shape index (κ1) is 19.4. The molecule has 148 valence electrons. The maximum atomic E-state index is 13.2. The van der Waals surface area contributed by atoms with Crippen molar-refractivity contribution in [2.75, 3.05) is 26.2 Å². The first-order chi connectivity index (χ1) is 14.0. The van der Waals surface area contributed by atoms with Crippen LogP contribution in [0.15, 0.2) is 60.7 Å². The SMILES string of the molecule is O=C(Cc1ccc2ccccc2c1)N1CCN(C(=O)c2ccc(F)cc2Cl)CC1. The van der Waals surface area contributed by atoms with Crippen molar-refractivity contribution >= 4 is 34.2 Å². The van der Waals surface area contributed by atoms with Crippen LogP contribution in [0.5, 0.6) is 0 Å². The molecule has 1 saturated heterocycles. The molecule has 29 heavy (non-hydrogen) atoms. The van der Waals surface area contributed by atoms with Gasteiger partial charge in [-0.15, -0.1) is 0 Å². The lowest BCUT2D eigenvalue weighted by atomic mass is 10.0. The topological polar surface area (TPSA) is 40.6 Å². The maximum Gasteiger partial charge on any atom is 0.255 e. The van der Waals surface area contributed by atoms with Crippen LogP contribution in [0, 0.1) is 5.82 Å². The summed E-state index contributed by atoms with van der Waals surface area (Å²) in [5.41, 5.74) is 1.26. The van der Waals surface area contributed by atoms with E-state index in [1.54, 1.807) is 9.80 Å². The van der Waals surface area contributed by atoms with Crippen molar-refractivity contribution in [3.05, 3.63) is 82.6 Å². The van der Waals surface area contributed by atoms with Crippen molar-refractivity contribution in [1.82, 2.24) is 9.80 Å². The van der Waals surface area contributed by atoms with E-state index < -0.39 is 5.82 Å². The molecule has 1 aliphatic heterocycles. The summed E-state index contributed by atoms with van der Waals surface area (Å²) in [6, 6.07) is 17.9. The van der Waals surface area contributed by atoms with E-state index >= 15 is 0 Å². The highest BCUT2D eigenvalue weighted by molar-refractivity contribution is 6.33. The fourth-order valence-electron chi connectivity index (χ4n) is 3.63. The third-order valence-electron chi connectivity index (χ3n) is 5.25. The first-order valence-electron chi connectivity index (χ1n) is 9.51. The lowest BCUT2D eigenvalue weighted by Gasteiger charge is -2.35. The lowest BCUT2D eigenvalue weighted by Crippen LogP contribution is -2.51. The number of carbonyl (C=O) groups excluding carboxylic acids is 2. The molecule has 2 amide bonds. The Hall–Kier alpha value is -2.92. The average molecular weight is 411 g/mol. The summed E-state index contributed by atoms with van der Waals surface area (Å²) in [7, 11) is 0. The quantitative estimate of drug-likeness (QED) is 0.650. The van der Waals surface area contributed by atoms with Gasteiger partial charge in [0.05, 0.1) is 17.0 Å². The summed E-state index contributed by atoms with van der Waals surface area (Å²) in [4.78, 5) is 28.8. The average Bonchev–Trinajstić information content (AvgIpc) is 2.73. The molecule has 1 fully saturated rings. The van der Waals surface area contributed by atoms with Crippen molar-refractivity contribution in [1.29, 1.82) is 0 Å². The van der Waals surface area contributed by atoms with Crippen LogP contribution >= 0.6 is 11.6 Å². The van der Waals surface area contributed by atoms with Crippen LogP contribution in [-0.2, 0) is 11.2 Å². The van der Waals surface area contributed by atoms with Gasteiger partial charge in [-0.3, -0.25) is 9.59 Å². The van der Waals surface area contributed by atoms with E-state index in [4.69, 9.17) is 11.6 Å². The fourth-order valence-corrected chi connectivity index (χ4v) is 3.88. The molecule has 1 heterocycles. The summed E-state index contributed by atoms with van der Waals surface area (Å²) in [6.07, 6.45) is 0.336. The number of nitrogens with zero attached hydrogens (tertiary/aromatic N) is 2. The van der Waals surface area contributed by atoms with E-state index in [0.717, 1.165) is 22.4 Å². The number of amides is 2. The van der Waals surface area contributed by atoms with Gasteiger partial charge in [0.25, 0.3) is 5.91 Å². The highest BCUT2D eigenvalue weighted by atomic mass is 35.5. The Kier molecular flexibility index (Phi) is 5.49. The maximum absolute atomic E-state index is 13.2. The molecule has 4 rings (SSSR count). The summed E-state index contributed by atoms with van der Waals surface area (Å²) in [5.74, 6) is -0.667. The highest BCUT2D eigenvalue weighted by Gasteiger charge is 2.26. The summed E-state index contributed by atoms with van der Waals surface area (Å²) in [5, 5.41) is 2.37. The molecule has 1 aliphatic rings. The predicted octanol–water partition coefficient (Wildman–Crippen LogP) is 4.16. The molecule has 0 spiro atoms. The van der Waals surface area contributed by atoms with Gasteiger partial charge < -0.3 is 9.80 Å². The monoisotopic (exact) mass is 410 g/mol. The summed E-state index contributed by atoms with van der Waals surface area (Å²) >= 11 is 6.00. The van der Waals surface area contributed by atoms with E-state index in [9.17, 15) is 14.0 Å². The highest BCUT2D eigenvalue weighted by Crippen LogP contribution is 2.20. The molecule has 0 bridgehead atoms. The predicted molar refractivity (Wildman–Crippen MR) is 112 cm³/mol. The summed E-state index contributed by atoms with van der Waals surface area (Å²) in [6.45, 7) is 1.79. The van der Waals surface area contributed by atoms with E-state index in [0.29, 0.717) is 32.6 Å². The standard InChI is InChI=1S/C23H20ClFN2O2/c24-21-15-19(25)7-8-20(21)23(29)27-11-9-26(10-12-27)22(28)14-16-5-6-17-3-1-2-4-18(17)13-16/h1-8,13,15H,9-12,14H2. The number of halogens is 2. The Bertz CT molecular complexity index is 1080. The zero-order valence-electron chi connectivity index (χ0n) is 15.8. The molecule has 0 aliphatic carbocycles. The smallest absolute Gasteiger partial charge is 0.255 e. The number of carbonyl (C=O) groups is 2. The van der Waals surface area contributed by atoms with Gasteiger partial charge in [0.15, 0.2) is 0 Å². The van der Waals surface area contributed by atoms with Crippen molar-refractivity contribution in [3.8, 4) is 0 Å². The van der Waals surface area contributed by atoms with E-state index in [2.05, 4.69) is 0 Å². The molecule has 4 nitrogen and oxygen atoms in total. The third-order valence-corrected chi connectivity index (χ3v) is 5.56. The molecular weight excluding hydrogens is 391 g/mol. The molecule has 6 heteroatoms. The fraction of sp³-hybridized carbons (Fsp3) is 0.217. The van der Waals surface area contributed by atoms with Gasteiger partial charge in [0.2, 0.25) is 5.91 Å². The summed E-state index contributed by atoms with van der Waals surface area (Å²) < 4.78 is 13.2. The Morgan fingerprint density at radius 2 is 1.55 bits per heavy atom. The molecular formula is C23H20ClFN2O2. The van der Waals surface area contributed by atoms with Crippen molar-refractivity contribution < 1.29 is 14.0 Å². The molecule has 3 aromatic rings. The van der Waals surface area contributed by atoms with Crippen LogP contribution in [-0.4, -0.2) is 47.8 Å². The van der Waals surface area contributed by atoms with Gasteiger partial charge in [-0.1, -0.05) is 54.1 Å². The molecule has 0 unspecified atom stereocenters. The van der Waals surface area contributed by atoms with Gasteiger partial charge in [-0.25, -0.2) is 4.39 Å². The van der Waals surface area contributed by atoms with Crippen LogP contribution in [0.25, 0.3) is 10.8 Å². The number of fused-ring (bicyclic) bond motifs is 1. The van der Waals surface area contributed by atoms with Crippen LogP contribution in [0.4, 0.5) is 4.39 Å². The minimum absolute atomic E-state index is 0.0483. The normalized spacial score (nSPS) is 14.3. The first-order valence-corrected chi connectivity index (χ1v) is 9.89. The zero-order valence-corrected chi connectivity index (χ0v) is 16.5. The second kappa shape index (κ2) is 8.21. The third kappa shape index (κ3) is 4.25. The Labute approximate surface area is 173 Å². The molecule has 0 atom stereocenters. The Morgan fingerprint density at radius 1 is 0.862 bits per heavy atom. The Morgan fingerprint density at radius 3 is 2.28 bits per heavy atom. The van der Waals surface area contributed by atoms with Crippen molar-refractivity contribution in [3.63, 3.8) is 0 Å². The van der Waals surface area contributed by atoms with Gasteiger partial charge >= 0.3 is 0 Å². The van der Waals surface area contributed by atoms with Crippen molar-refractivity contribution in [2.45, 2.75) is 6.42 Å². The minimum Gasteiger partial charge on any atom is -0.339 e. The van der Waals surface area contributed by atoms with E-state index in [-0.39, 0.29) is 22.4 Å². The van der Waals surface area contributed by atoms with Crippen LogP contribution in [0.2, 0.25) is 5.02 Å². The second-order valence-corrected chi connectivity index (χ2v) is 7.56. The number of rotatable bonds is 3. The number of hydrogen-bond acceptors (Lipinski definition) is 2. The number of piperazine rings is 1. The minimum atomic E-state index is -0.476. The number of hydrogen-bond donors (Lipinski definition) is 0. The van der Waals surface area contributed by atoms with Gasteiger partial charge in [0, 0.05) is 26.2 Å². The Balaban J connectivity index is 1.37. The number of benzene rings is 3. The second-order valence-electron chi connectivity index (χ2n) is 7.16. The molecule has 3 aromatic carbocycles. The van der Waals surface area contributed by atoms with Crippen LogP contribution in [0.3, 0.4) is 0 Å². The van der Waals surface area contributed by atoms with Gasteiger partial charge in [0.1, 0.15) is 5.82 Å². The van der Waals surface area contributed by atoms with Gasteiger partial charge in [-0.2, -0.15) is 0 Å². The van der Waals surface area contributed by atoms with Gasteiger partial charge in [-0.05, 0) is 34.5 Å². The molecule has 0 radical (unpaired) electrons. The lowest BCUT2D eigenvalue weighted by molar-refractivity contribution is -0.131. The molecule has 0 saturated carbocycles. The van der Waals surface area contributed by atoms with Crippen molar-refractivity contribution in [2.24, 2.45) is 0 Å². The molecule has 0 aromatic heterocycles. The van der Waals surface area contributed by atoms with Crippen LogP contribution in [0.1, 0.15) is 15.9 Å². The van der Waals surface area contributed by atoms with E-state index in [1.807, 2.05) is 42.5 Å². The zero-order chi connectivity index (χ0) is 20.4. The largest absolute Gasteiger partial charge is 0.339 e. The van der Waals surface area contributed by atoms with E-state index in [1.165, 1.54) is 12.1 Å². The molecule has 0 N–H and O–H groups in total.